The third-order valence-corrected chi connectivity index (χ3v) is 4.20. The van der Waals surface area contributed by atoms with Crippen LogP contribution in [-0.4, -0.2) is 10.8 Å². The van der Waals surface area contributed by atoms with Gasteiger partial charge in [0.05, 0.1) is 15.3 Å². The van der Waals surface area contributed by atoms with Crippen LogP contribution < -0.4 is 10.1 Å². The van der Waals surface area contributed by atoms with E-state index < -0.39 is 0 Å². The highest BCUT2D eigenvalue weighted by Crippen LogP contribution is 2.43. The predicted octanol–water partition coefficient (Wildman–Crippen LogP) is 4.05. The van der Waals surface area contributed by atoms with E-state index in [0.717, 1.165) is 16.4 Å². The lowest BCUT2D eigenvalue weighted by Crippen LogP contribution is -2.43. The highest BCUT2D eigenvalue weighted by atomic mass is 32.2. The van der Waals surface area contributed by atoms with Gasteiger partial charge in [0.15, 0.2) is 0 Å². The molecule has 2 aromatic rings. The Kier molecular flexibility index (Phi) is 3.18. The number of rotatable bonds is 2. The molecule has 0 spiro atoms. The van der Waals surface area contributed by atoms with E-state index >= 15 is 0 Å². The average Bonchev–Trinajstić information content (AvgIpc) is 2.40. The first-order valence-corrected chi connectivity index (χ1v) is 7.24. The van der Waals surface area contributed by atoms with E-state index in [2.05, 4.69) is 5.32 Å². The lowest BCUT2D eigenvalue weighted by molar-refractivity contribution is 0.0929. The van der Waals surface area contributed by atoms with Crippen LogP contribution in [0.2, 0.25) is 0 Å². The summed E-state index contributed by atoms with van der Waals surface area (Å²) in [6.07, 6.45) is 0. The smallest absolute Gasteiger partial charge is 0.253 e. The van der Waals surface area contributed by atoms with E-state index in [1.54, 1.807) is 11.8 Å². The second kappa shape index (κ2) is 4.87. The van der Waals surface area contributed by atoms with Gasteiger partial charge in [-0.05, 0) is 38.1 Å². The lowest BCUT2D eigenvalue weighted by atomic mass is 10.1. The molecule has 0 saturated heterocycles. The molecular formula is C16H15NO2S. The molecule has 1 heterocycles. The number of benzene rings is 2. The molecule has 0 unspecified atom stereocenters. The molecule has 1 aliphatic heterocycles. The molecule has 4 heteroatoms. The first kappa shape index (κ1) is 13.1. The number of amides is 1. The van der Waals surface area contributed by atoms with Crippen molar-refractivity contribution < 1.29 is 9.53 Å². The minimum atomic E-state index is -0.333. The summed E-state index contributed by atoms with van der Waals surface area (Å²) in [6.45, 7) is 3.97. The monoisotopic (exact) mass is 285 g/mol. The Labute approximate surface area is 122 Å². The second-order valence-electron chi connectivity index (χ2n) is 5.11. The van der Waals surface area contributed by atoms with Crippen LogP contribution in [0.15, 0.2) is 53.4 Å². The first-order chi connectivity index (χ1) is 9.55. The summed E-state index contributed by atoms with van der Waals surface area (Å²) in [5.74, 6) is 1.44. The molecule has 0 radical (unpaired) electrons. The number of carbonyl (C=O) groups excluding carboxylic acids is 1. The van der Waals surface area contributed by atoms with Crippen LogP contribution in [0.25, 0.3) is 0 Å². The molecule has 0 aromatic heterocycles. The van der Waals surface area contributed by atoms with Gasteiger partial charge in [-0.15, -0.1) is 0 Å². The van der Waals surface area contributed by atoms with Gasteiger partial charge in [-0.2, -0.15) is 0 Å². The normalized spacial score (nSPS) is 16.2. The minimum Gasteiger partial charge on any atom is -0.456 e. The Hall–Kier alpha value is -1.94. The lowest BCUT2D eigenvalue weighted by Gasteiger charge is -2.32. The fourth-order valence-corrected chi connectivity index (χ4v) is 3.25. The van der Waals surface area contributed by atoms with Crippen LogP contribution in [0.3, 0.4) is 0 Å². The van der Waals surface area contributed by atoms with Crippen LogP contribution >= 0.6 is 11.8 Å². The van der Waals surface area contributed by atoms with Crippen molar-refractivity contribution in [2.45, 2.75) is 23.6 Å². The van der Waals surface area contributed by atoms with Gasteiger partial charge < -0.3 is 10.1 Å². The summed E-state index contributed by atoms with van der Waals surface area (Å²) in [4.78, 5) is 12.7. The van der Waals surface area contributed by atoms with Gasteiger partial charge >= 0.3 is 0 Å². The Balaban J connectivity index is 2.01. The number of nitrogens with one attached hydrogen (secondary N) is 1. The molecule has 0 atom stereocenters. The van der Waals surface area contributed by atoms with Crippen molar-refractivity contribution in [2.75, 3.05) is 0 Å². The summed E-state index contributed by atoms with van der Waals surface area (Å²) in [7, 11) is 0. The molecular weight excluding hydrogens is 270 g/mol. The van der Waals surface area contributed by atoms with Gasteiger partial charge in [-0.3, -0.25) is 4.79 Å². The maximum atomic E-state index is 12.1. The summed E-state index contributed by atoms with van der Waals surface area (Å²) in [5, 5.41) is 2.97. The zero-order valence-corrected chi connectivity index (χ0v) is 12.2. The number of carbonyl (C=O) groups is 1. The molecule has 0 aliphatic carbocycles. The van der Waals surface area contributed by atoms with Gasteiger partial charge in [0, 0.05) is 0 Å². The van der Waals surface area contributed by atoms with Crippen LogP contribution in [0.4, 0.5) is 0 Å². The van der Waals surface area contributed by atoms with Gasteiger partial charge in [-0.25, -0.2) is 0 Å². The van der Waals surface area contributed by atoms with Crippen LogP contribution in [0.1, 0.15) is 24.2 Å². The van der Waals surface area contributed by atoms with Gasteiger partial charge in [0.2, 0.25) is 0 Å². The van der Waals surface area contributed by atoms with Crippen molar-refractivity contribution in [2.24, 2.45) is 0 Å². The molecule has 3 nitrogen and oxygen atoms in total. The number of fused-ring (bicyclic) bond motifs is 1. The molecule has 0 bridgehead atoms. The Morgan fingerprint density at radius 1 is 1.05 bits per heavy atom. The summed E-state index contributed by atoms with van der Waals surface area (Å²) in [5.41, 5.74) is 0.669. The van der Waals surface area contributed by atoms with Crippen molar-refractivity contribution in [1.29, 1.82) is 0 Å². The third kappa shape index (κ3) is 2.51. The Bertz CT molecular complexity index is 653. The SMILES string of the molecule is CC1(C)NC(=O)c2cccc(Oc3ccccc3)c2S1. The average molecular weight is 285 g/mol. The van der Waals surface area contributed by atoms with Crippen molar-refractivity contribution in [3.05, 3.63) is 54.1 Å². The standard InChI is InChI=1S/C16H15NO2S/c1-16(2)17-15(18)12-9-6-10-13(14(12)20-16)19-11-7-4-3-5-8-11/h3-10H,1-2H3,(H,17,18). The molecule has 0 fully saturated rings. The molecule has 1 amide bonds. The quantitative estimate of drug-likeness (QED) is 0.904. The third-order valence-electron chi connectivity index (χ3n) is 2.97. The fourth-order valence-electron chi connectivity index (χ4n) is 2.12. The van der Waals surface area contributed by atoms with Crippen molar-refractivity contribution in [3.8, 4) is 11.5 Å². The molecule has 3 rings (SSSR count). The number of hydrogen-bond acceptors (Lipinski definition) is 3. The molecule has 2 aromatic carbocycles. The van der Waals surface area contributed by atoms with Crippen molar-refractivity contribution in [1.82, 2.24) is 5.32 Å². The largest absolute Gasteiger partial charge is 0.456 e. The number of ether oxygens (including phenoxy) is 1. The number of hydrogen-bond donors (Lipinski definition) is 1. The van der Waals surface area contributed by atoms with Crippen molar-refractivity contribution in [3.63, 3.8) is 0 Å². The molecule has 1 N–H and O–H groups in total. The molecule has 0 saturated carbocycles. The van der Waals surface area contributed by atoms with Crippen molar-refractivity contribution >= 4 is 17.7 Å². The fraction of sp³-hybridized carbons (Fsp3) is 0.188. The van der Waals surface area contributed by atoms with Gasteiger partial charge in [0.25, 0.3) is 5.91 Å². The summed E-state index contributed by atoms with van der Waals surface area (Å²) in [6, 6.07) is 15.2. The Morgan fingerprint density at radius 2 is 1.80 bits per heavy atom. The number of thioether (sulfide) groups is 1. The maximum absolute atomic E-state index is 12.1. The zero-order chi connectivity index (χ0) is 14.2. The van der Waals surface area contributed by atoms with Gasteiger partial charge in [0.1, 0.15) is 11.5 Å². The van der Waals surface area contributed by atoms with E-state index in [9.17, 15) is 4.79 Å². The van der Waals surface area contributed by atoms with E-state index in [-0.39, 0.29) is 10.8 Å². The maximum Gasteiger partial charge on any atom is 0.253 e. The Morgan fingerprint density at radius 3 is 2.55 bits per heavy atom. The summed E-state index contributed by atoms with van der Waals surface area (Å²) < 4.78 is 5.92. The topological polar surface area (TPSA) is 38.3 Å². The zero-order valence-electron chi connectivity index (χ0n) is 11.3. The van der Waals surface area contributed by atoms with E-state index in [1.165, 1.54) is 0 Å². The highest BCUT2D eigenvalue weighted by molar-refractivity contribution is 8.00. The highest BCUT2D eigenvalue weighted by Gasteiger charge is 2.32. The number of para-hydroxylation sites is 1. The van der Waals surface area contributed by atoms with Crippen LogP contribution in [0.5, 0.6) is 11.5 Å². The van der Waals surface area contributed by atoms with Crippen LogP contribution in [-0.2, 0) is 0 Å². The van der Waals surface area contributed by atoms with E-state index in [0.29, 0.717) is 5.56 Å². The van der Waals surface area contributed by atoms with E-state index in [4.69, 9.17) is 4.74 Å². The van der Waals surface area contributed by atoms with E-state index in [1.807, 2.05) is 62.4 Å². The first-order valence-electron chi connectivity index (χ1n) is 6.43. The molecule has 1 aliphatic rings. The minimum absolute atomic E-state index is 0.0535. The van der Waals surface area contributed by atoms with Crippen LogP contribution in [0, 0.1) is 0 Å². The second-order valence-corrected chi connectivity index (χ2v) is 6.75. The van der Waals surface area contributed by atoms with Gasteiger partial charge in [-0.1, -0.05) is 36.0 Å². The molecule has 20 heavy (non-hydrogen) atoms. The molecule has 102 valence electrons. The summed E-state index contributed by atoms with van der Waals surface area (Å²) >= 11 is 1.61. The predicted molar refractivity (Wildman–Crippen MR) is 80.4 cm³/mol.